The highest BCUT2D eigenvalue weighted by atomic mass is 35.5. The summed E-state index contributed by atoms with van der Waals surface area (Å²) < 4.78 is 45.2. The Bertz CT molecular complexity index is 876. The number of nitrogens with zero attached hydrogens (tertiary/aromatic N) is 1. The van der Waals surface area contributed by atoms with Gasteiger partial charge in [0, 0.05) is 29.1 Å². The molecule has 2 heterocycles. The average molecular weight is 376 g/mol. The van der Waals surface area contributed by atoms with Crippen LogP contribution in [0.25, 0.3) is 11.0 Å². The zero-order valence-electron chi connectivity index (χ0n) is 13.0. The first-order valence-electron chi connectivity index (χ1n) is 7.35. The maximum atomic E-state index is 13.2. The number of rotatable bonds is 2. The van der Waals surface area contributed by atoms with E-state index in [1.807, 2.05) is 0 Å². The number of carboxylic acid groups (broad SMARTS) is 1. The summed E-state index contributed by atoms with van der Waals surface area (Å²) in [5, 5.41) is 10.1. The zero-order chi connectivity index (χ0) is 18.6. The van der Waals surface area contributed by atoms with Crippen LogP contribution in [-0.2, 0) is 4.79 Å². The van der Waals surface area contributed by atoms with E-state index in [9.17, 15) is 22.8 Å². The number of aryl methyl sites for hydroxylation is 1. The van der Waals surface area contributed by atoms with Crippen molar-refractivity contribution in [2.75, 3.05) is 13.1 Å². The predicted molar refractivity (Wildman–Crippen MR) is 82.6 cm³/mol. The van der Waals surface area contributed by atoms with Crippen LogP contribution < -0.4 is 0 Å². The zero-order valence-corrected chi connectivity index (χ0v) is 13.7. The first-order valence-corrected chi connectivity index (χ1v) is 7.73. The van der Waals surface area contributed by atoms with Crippen LogP contribution in [0.3, 0.4) is 0 Å². The molecule has 25 heavy (non-hydrogen) atoms. The van der Waals surface area contributed by atoms with Gasteiger partial charge in [0.1, 0.15) is 5.58 Å². The molecule has 1 fully saturated rings. The molecule has 0 spiro atoms. The van der Waals surface area contributed by atoms with E-state index in [4.69, 9.17) is 21.1 Å². The number of aliphatic carboxylic acids is 1. The number of hydrogen-bond donors (Lipinski definition) is 1. The number of amides is 1. The highest BCUT2D eigenvalue weighted by molar-refractivity contribution is 6.31. The third-order valence-electron chi connectivity index (χ3n) is 4.60. The van der Waals surface area contributed by atoms with Crippen LogP contribution in [0, 0.1) is 12.3 Å². The van der Waals surface area contributed by atoms with E-state index in [-0.39, 0.29) is 12.3 Å². The minimum Gasteiger partial charge on any atom is -0.481 e. The number of hydrogen-bond acceptors (Lipinski definition) is 3. The Morgan fingerprint density at radius 3 is 2.60 bits per heavy atom. The summed E-state index contributed by atoms with van der Waals surface area (Å²) in [5.41, 5.74) is -2.13. The Hall–Kier alpha value is -2.22. The Kier molecular flexibility index (Phi) is 3.98. The van der Waals surface area contributed by atoms with Crippen LogP contribution in [0.2, 0.25) is 5.02 Å². The van der Waals surface area contributed by atoms with Crippen molar-refractivity contribution >= 4 is 34.4 Å². The molecule has 9 heteroatoms. The van der Waals surface area contributed by atoms with Gasteiger partial charge < -0.3 is 14.4 Å². The van der Waals surface area contributed by atoms with Gasteiger partial charge in [-0.2, -0.15) is 13.2 Å². The molecule has 1 N–H and O–H groups in total. The van der Waals surface area contributed by atoms with Crippen molar-refractivity contribution in [2.24, 2.45) is 5.41 Å². The third kappa shape index (κ3) is 2.64. The lowest BCUT2D eigenvalue weighted by Gasteiger charge is -2.27. The first-order chi connectivity index (χ1) is 11.6. The second-order valence-corrected chi connectivity index (χ2v) is 6.49. The van der Waals surface area contributed by atoms with Crippen LogP contribution in [0.1, 0.15) is 22.5 Å². The normalized spacial score (nSPS) is 21.1. The summed E-state index contributed by atoms with van der Waals surface area (Å²) in [4.78, 5) is 24.7. The van der Waals surface area contributed by atoms with E-state index in [2.05, 4.69) is 0 Å². The highest BCUT2D eigenvalue weighted by Crippen LogP contribution is 2.46. The van der Waals surface area contributed by atoms with Crippen molar-refractivity contribution in [1.82, 2.24) is 4.90 Å². The summed E-state index contributed by atoms with van der Waals surface area (Å²) in [6.45, 7) is 0.337. The molecule has 2 aromatic rings. The molecular weight excluding hydrogens is 363 g/mol. The van der Waals surface area contributed by atoms with Gasteiger partial charge in [-0.25, -0.2) is 0 Å². The first kappa shape index (κ1) is 17.6. The summed E-state index contributed by atoms with van der Waals surface area (Å²) in [6.07, 6.45) is -5.65. The smallest absolute Gasteiger partial charge is 0.406 e. The van der Waals surface area contributed by atoms with E-state index < -0.39 is 36.4 Å². The number of alkyl halides is 3. The Morgan fingerprint density at radius 1 is 1.36 bits per heavy atom. The van der Waals surface area contributed by atoms with E-state index in [1.54, 1.807) is 25.1 Å². The topological polar surface area (TPSA) is 70.8 Å². The maximum absolute atomic E-state index is 13.2. The predicted octanol–water partition coefficient (Wildman–Crippen LogP) is 3.87. The molecule has 0 radical (unpaired) electrons. The monoisotopic (exact) mass is 375 g/mol. The molecule has 3 rings (SSSR count). The van der Waals surface area contributed by atoms with Gasteiger partial charge >= 0.3 is 12.1 Å². The summed E-state index contributed by atoms with van der Waals surface area (Å²) in [7, 11) is 0. The van der Waals surface area contributed by atoms with E-state index in [0.717, 1.165) is 4.90 Å². The minimum absolute atomic E-state index is 0.111. The van der Waals surface area contributed by atoms with Crippen LogP contribution in [0.5, 0.6) is 0 Å². The number of likely N-dealkylation sites (tertiary alicyclic amines) is 1. The van der Waals surface area contributed by atoms with E-state index in [1.165, 1.54) is 0 Å². The van der Waals surface area contributed by atoms with E-state index in [0.29, 0.717) is 21.6 Å². The molecule has 0 saturated carbocycles. The molecule has 1 amide bonds. The molecule has 1 aromatic heterocycles. The second kappa shape index (κ2) is 5.66. The lowest BCUT2D eigenvalue weighted by molar-refractivity contribution is -0.227. The molecule has 134 valence electrons. The van der Waals surface area contributed by atoms with Crippen LogP contribution in [0.4, 0.5) is 13.2 Å². The van der Waals surface area contributed by atoms with Gasteiger partial charge in [-0.1, -0.05) is 11.6 Å². The number of carbonyl (C=O) groups excluding carboxylic acids is 1. The van der Waals surface area contributed by atoms with Crippen molar-refractivity contribution in [3.8, 4) is 0 Å². The molecule has 1 unspecified atom stereocenters. The van der Waals surface area contributed by atoms with Gasteiger partial charge in [0.15, 0.2) is 11.2 Å². The summed E-state index contributed by atoms with van der Waals surface area (Å²) in [5.74, 6) is -2.86. The molecule has 1 saturated heterocycles. The highest BCUT2D eigenvalue weighted by Gasteiger charge is 2.64. The molecule has 0 bridgehead atoms. The quantitative estimate of drug-likeness (QED) is 0.865. The van der Waals surface area contributed by atoms with Gasteiger partial charge in [-0.15, -0.1) is 0 Å². The van der Waals surface area contributed by atoms with Crippen molar-refractivity contribution in [1.29, 1.82) is 0 Å². The lowest BCUT2D eigenvalue weighted by Crippen LogP contribution is -2.47. The van der Waals surface area contributed by atoms with Crippen molar-refractivity contribution in [3.63, 3.8) is 0 Å². The third-order valence-corrected chi connectivity index (χ3v) is 4.84. The van der Waals surface area contributed by atoms with Crippen LogP contribution >= 0.6 is 11.6 Å². The molecule has 1 atom stereocenters. The van der Waals surface area contributed by atoms with Gasteiger partial charge in [-0.3, -0.25) is 9.59 Å². The number of carboxylic acids is 1. The van der Waals surface area contributed by atoms with Gasteiger partial charge in [-0.05, 0) is 31.5 Å². The van der Waals surface area contributed by atoms with Gasteiger partial charge in [0.2, 0.25) is 0 Å². The molecule has 1 aromatic carbocycles. The Morgan fingerprint density at radius 2 is 2.04 bits per heavy atom. The fourth-order valence-electron chi connectivity index (χ4n) is 3.05. The molecule has 0 aliphatic carbocycles. The Labute approximate surface area is 144 Å². The SMILES string of the molecule is Cc1c(C(=O)N2CCC(C(=O)O)(C(F)(F)F)C2)oc2ccc(Cl)cc12. The fraction of sp³-hybridized carbons (Fsp3) is 0.375. The second-order valence-electron chi connectivity index (χ2n) is 6.06. The molecular formula is C16H13ClF3NO4. The molecule has 1 aliphatic rings. The number of furan rings is 1. The molecule has 1 aliphatic heterocycles. The minimum atomic E-state index is -4.95. The molecule has 5 nitrogen and oxygen atoms in total. The van der Waals surface area contributed by atoms with Crippen molar-refractivity contribution < 1.29 is 32.3 Å². The fourth-order valence-corrected chi connectivity index (χ4v) is 3.22. The number of carbonyl (C=O) groups is 2. The van der Waals surface area contributed by atoms with Crippen molar-refractivity contribution in [3.05, 3.63) is 34.5 Å². The van der Waals surface area contributed by atoms with E-state index >= 15 is 0 Å². The van der Waals surface area contributed by atoms with Gasteiger partial charge in [0.05, 0.1) is 0 Å². The summed E-state index contributed by atoms with van der Waals surface area (Å²) >= 11 is 5.90. The van der Waals surface area contributed by atoms with Crippen LogP contribution in [-0.4, -0.2) is 41.1 Å². The Balaban J connectivity index is 1.95. The number of benzene rings is 1. The number of fused-ring (bicyclic) bond motifs is 1. The average Bonchev–Trinajstić information content (AvgIpc) is 3.10. The van der Waals surface area contributed by atoms with Crippen molar-refractivity contribution in [2.45, 2.75) is 19.5 Å². The van der Waals surface area contributed by atoms with Gasteiger partial charge in [0.25, 0.3) is 5.91 Å². The standard InChI is InChI=1S/C16H13ClF3NO4/c1-8-10-6-9(17)2-3-11(10)25-12(8)13(22)21-5-4-15(7-21,14(23)24)16(18,19)20/h2-3,6H,4-5,7H2,1H3,(H,23,24). The largest absolute Gasteiger partial charge is 0.481 e. The lowest BCUT2D eigenvalue weighted by atomic mass is 9.86. The summed E-state index contributed by atoms with van der Waals surface area (Å²) in [6, 6.07) is 4.71. The maximum Gasteiger partial charge on any atom is 0.406 e. The number of halogens is 4. The van der Waals surface area contributed by atoms with Crippen LogP contribution in [0.15, 0.2) is 22.6 Å².